The molecule has 0 aromatic carbocycles. The molecule has 2 aliphatic rings. The molecule has 1 N–H and O–H groups in total. The molecule has 2 aliphatic heterocycles. The number of hydrogen-bond donors (Lipinski definition) is 1. The first kappa shape index (κ1) is 18.3. The number of aromatic nitrogens is 3. The Hall–Kier alpha value is -1.47. The fraction of sp³-hybridized carbons (Fsp3) is 0.833. The normalized spacial score (nSPS) is 24.0. The number of carbonyl (C=O) groups excluding carboxylic acids is 1. The third-order valence-electron chi connectivity index (χ3n) is 5.80. The van der Waals surface area contributed by atoms with Crippen LogP contribution in [0.3, 0.4) is 0 Å². The first-order valence-electron chi connectivity index (χ1n) is 9.65. The Morgan fingerprint density at radius 1 is 1.32 bits per heavy atom. The van der Waals surface area contributed by atoms with E-state index in [0.29, 0.717) is 12.0 Å². The fourth-order valence-corrected chi connectivity index (χ4v) is 4.30. The van der Waals surface area contributed by atoms with E-state index in [-0.39, 0.29) is 11.9 Å². The molecule has 1 amide bonds. The molecule has 2 saturated heterocycles. The molecule has 3 heterocycles. The molecule has 1 aromatic heterocycles. The van der Waals surface area contributed by atoms with Crippen LogP contribution in [0.15, 0.2) is 12.7 Å². The maximum absolute atomic E-state index is 12.8. The molecule has 140 valence electrons. The van der Waals surface area contributed by atoms with Crippen molar-refractivity contribution in [2.75, 3.05) is 39.8 Å². The Morgan fingerprint density at radius 3 is 2.80 bits per heavy atom. The molecule has 7 heteroatoms. The summed E-state index contributed by atoms with van der Waals surface area (Å²) in [5, 5.41) is 7.24. The quantitative estimate of drug-likeness (QED) is 0.744. The van der Waals surface area contributed by atoms with Crippen LogP contribution in [-0.2, 0) is 11.3 Å². The van der Waals surface area contributed by atoms with Gasteiger partial charge in [0.05, 0.1) is 6.04 Å². The van der Waals surface area contributed by atoms with Crippen LogP contribution in [-0.4, -0.2) is 76.3 Å². The minimum atomic E-state index is 0.0507. The van der Waals surface area contributed by atoms with Gasteiger partial charge in [-0.25, -0.2) is 4.98 Å². The predicted molar refractivity (Wildman–Crippen MR) is 97.1 cm³/mol. The van der Waals surface area contributed by atoms with Crippen LogP contribution in [0.4, 0.5) is 0 Å². The van der Waals surface area contributed by atoms with Gasteiger partial charge in [0, 0.05) is 19.6 Å². The first-order chi connectivity index (χ1) is 12.1. The topological polar surface area (TPSA) is 66.3 Å². The molecule has 7 nitrogen and oxygen atoms in total. The van der Waals surface area contributed by atoms with Crippen molar-refractivity contribution in [1.29, 1.82) is 0 Å². The van der Waals surface area contributed by atoms with Crippen molar-refractivity contribution in [3.8, 4) is 0 Å². The van der Waals surface area contributed by atoms with Gasteiger partial charge in [0.25, 0.3) is 0 Å². The van der Waals surface area contributed by atoms with E-state index in [4.69, 9.17) is 0 Å². The lowest BCUT2D eigenvalue weighted by molar-refractivity contribution is -0.125. The molecule has 1 spiro atoms. The summed E-state index contributed by atoms with van der Waals surface area (Å²) in [6, 6.07) is 0.0507. The van der Waals surface area contributed by atoms with Crippen molar-refractivity contribution in [2.24, 2.45) is 5.41 Å². The molecule has 1 atom stereocenters. The van der Waals surface area contributed by atoms with E-state index in [1.807, 2.05) is 0 Å². The molecule has 1 unspecified atom stereocenters. The van der Waals surface area contributed by atoms with E-state index in [9.17, 15) is 4.79 Å². The smallest absolute Gasteiger partial charge is 0.237 e. The highest BCUT2D eigenvalue weighted by molar-refractivity contribution is 5.82. The standard InChI is InChI=1S/C18H32N6O/c1-3-8-23-13-18(5-10-22(2)11-6-18)12-16(23)17(25)20-7-4-9-24-15-19-14-21-24/h14-16H,3-13H2,1-2H3,(H,20,25). The summed E-state index contributed by atoms with van der Waals surface area (Å²) in [6.45, 7) is 8.12. The van der Waals surface area contributed by atoms with Crippen LogP contribution in [0, 0.1) is 5.41 Å². The van der Waals surface area contributed by atoms with Crippen molar-refractivity contribution >= 4 is 5.91 Å². The molecule has 0 bridgehead atoms. The van der Waals surface area contributed by atoms with Gasteiger partial charge in [0.1, 0.15) is 12.7 Å². The average Bonchev–Trinajstić information content (AvgIpc) is 3.23. The molecule has 0 radical (unpaired) electrons. The number of nitrogens with zero attached hydrogens (tertiary/aromatic N) is 5. The van der Waals surface area contributed by atoms with E-state index < -0.39 is 0 Å². The van der Waals surface area contributed by atoms with Gasteiger partial charge in [-0.1, -0.05) is 6.92 Å². The van der Waals surface area contributed by atoms with Crippen LogP contribution in [0.5, 0.6) is 0 Å². The number of rotatable bonds is 7. The summed E-state index contributed by atoms with van der Waals surface area (Å²) < 4.78 is 1.80. The second-order valence-corrected chi connectivity index (χ2v) is 7.80. The zero-order valence-electron chi connectivity index (χ0n) is 15.7. The van der Waals surface area contributed by atoms with Crippen LogP contribution >= 0.6 is 0 Å². The third kappa shape index (κ3) is 4.58. The Morgan fingerprint density at radius 2 is 2.12 bits per heavy atom. The Labute approximate surface area is 150 Å². The van der Waals surface area contributed by atoms with Crippen LogP contribution in [0.2, 0.25) is 0 Å². The maximum atomic E-state index is 12.8. The number of hydrogen-bond acceptors (Lipinski definition) is 5. The lowest BCUT2D eigenvalue weighted by Gasteiger charge is -2.37. The minimum Gasteiger partial charge on any atom is -0.355 e. The van der Waals surface area contributed by atoms with Gasteiger partial charge in [-0.3, -0.25) is 14.4 Å². The summed E-state index contributed by atoms with van der Waals surface area (Å²) in [7, 11) is 2.20. The largest absolute Gasteiger partial charge is 0.355 e. The van der Waals surface area contributed by atoms with E-state index in [0.717, 1.165) is 52.0 Å². The predicted octanol–water partition coefficient (Wildman–Crippen LogP) is 0.981. The molecule has 25 heavy (non-hydrogen) atoms. The van der Waals surface area contributed by atoms with Crippen molar-refractivity contribution in [3.05, 3.63) is 12.7 Å². The number of nitrogens with one attached hydrogen (secondary N) is 1. The van der Waals surface area contributed by atoms with Gasteiger partial charge in [0.15, 0.2) is 0 Å². The highest BCUT2D eigenvalue weighted by Gasteiger charge is 2.47. The van der Waals surface area contributed by atoms with Gasteiger partial charge in [-0.15, -0.1) is 0 Å². The van der Waals surface area contributed by atoms with Crippen molar-refractivity contribution in [1.82, 2.24) is 29.9 Å². The summed E-state index contributed by atoms with van der Waals surface area (Å²) >= 11 is 0. The van der Waals surface area contributed by atoms with Crippen molar-refractivity contribution in [3.63, 3.8) is 0 Å². The highest BCUT2D eigenvalue weighted by Crippen LogP contribution is 2.43. The van der Waals surface area contributed by atoms with Crippen molar-refractivity contribution in [2.45, 2.75) is 51.6 Å². The van der Waals surface area contributed by atoms with E-state index in [2.05, 4.69) is 39.2 Å². The summed E-state index contributed by atoms with van der Waals surface area (Å²) in [6.07, 6.45) is 8.71. The van der Waals surface area contributed by atoms with Gasteiger partial charge in [0.2, 0.25) is 5.91 Å². The van der Waals surface area contributed by atoms with Crippen LogP contribution < -0.4 is 5.32 Å². The highest BCUT2D eigenvalue weighted by atomic mass is 16.2. The molecule has 3 rings (SSSR count). The van der Waals surface area contributed by atoms with Gasteiger partial charge < -0.3 is 10.2 Å². The van der Waals surface area contributed by atoms with Crippen LogP contribution in [0.1, 0.15) is 39.0 Å². The summed E-state index contributed by atoms with van der Waals surface area (Å²) in [5.41, 5.74) is 0.352. The third-order valence-corrected chi connectivity index (χ3v) is 5.80. The summed E-state index contributed by atoms with van der Waals surface area (Å²) in [5.74, 6) is 0.211. The number of piperidine rings is 1. The zero-order valence-corrected chi connectivity index (χ0v) is 15.7. The van der Waals surface area contributed by atoms with E-state index in [1.54, 1.807) is 17.3 Å². The number of amides is 1. The number of carbonyl (C=O) groups is 1. The molecular weight excluding hydrogens is 316 g/mol. The first-order valence-corrected chi connectivity index (χ1v) is 9.65. The second kappa shape index (κ2) is 8.27. The van der Waals surface area contributed by atoms with Crippen LogP contribution in [0.25, 0.3) is 0 Å². The van der Waals surface area contributed by atoms with Gasteiger partial charge in [-0.2, -0.15) is 5.10 Å². The van der Waals surface area contributed by atoms with Crippen molar-refractivity contribution < 1.29 is 4.79 Å². The molecule has 0 saturated carbocycles. The maximum Gasteiger partial charge on any atom is 0.237 e. The fourth-order valence-electron chi connectivity index (χ4n) is 4.30. The lowest BCUT2D eigenvalue weighted by Crippen LogP contribution is -2.43. The minimum absolute atomic E-state index is 0.0507. The SMILES string of the molecule is CCCN1CC2(CCN(C)CC2)CC1C(=O)NCCCn1cncn1. The monoisotopic (exact) mass is 348 g/mol. The number of likely N-dealkylation sites (tertiary alicyclic amines) is 2. The van der Waals surface area contributed by atoms with E-state index >= 15 is 0 Å². The number of aryl methyl sites for hydroxylation is 1. The Bertz CT molecular complexity index is 538. The zero-order chi connectivity index (χ0) is 17.7. The Balaban J connectivity index is 1.50. The van der Waals surface area contributed by atoms with E-state index in [1.165, 1.54) is 12.8 Å². The summed E-state index contributed by atoms with van der Waals surface area (Å²) in [4.78, 5) is 21.6. The second-order valence-electron chi connectivity index (χ2n) is 7.80. The lowest BCUT2D eigenvalue weighted by atomic mass is 9.76. The molecular formula is C18H32N6O. The Kier molecular flexibility index (Phi) is 6.06. The average molecular weight is 348 g/mol. The van der Waals surface area contributed by atoms with Gasteiger partial charge >= 0.3 is 0 Å². The molecule has 2 fully saturated rings. The molecule has 0 aliphatic carbocycles. The molecule has 1 aromatic rings. The van der Waals surface area contributed by atoms with Gasteiger partial charge in [-0.05, 0) is 64.2 Å².